The Labute approximate surface area is 148 Å². The maximum absolute atomic E-state index is 12.9. The molecule has 1 unspecified atom stereocenters. The lowest BCUT2D eigenvalue weighted by Crippen LogP contribution is -2.47. The maximum atomic E-state index is 12.9. The molecule has 0 bridgehead atoms. The van der Waals surface area contributed by atoms with Crippen molar-refractivity contribution < 1.29 is 9.59 Å². The number of amides is 2. The third-order valence-corrected chi connectivity index (χ3v) is 4.71. The molecule has 2 amide bonds. The molecule has 1 aliphatic heterocycles. The van der Waals surface area contributed by atoms with Gasteiger partial charge < -0.3 is 10.2 Å². The second-order valence-corrected chi connectivity index (χ2v) is 6.82. The molecule has 0 fully saturated rings. The van der Waals surface area contributed by atoms with E-state index in [1.54, 1.807) is 4.90 Å². The number of benzene rings is 2. The van der Waals surface area contributed by atoms with Gasteiger partial charge in [0.2, 0.25) is 5.91 Å². The minimum atomic E-state index is -0.495. The van der Waals surface area contributed by atoms with Gasteiger partial charge in [0, 0.05) is 17.8 Å². The molecule has 3 rings (SSSR count). The number of rotatable bonds is 5. The number of nitrogens with one attached hydrogen (secondary N) is 1. The van der Waals surface area contributed by atoms with Crippen LogP contribution in [0.3, 0.4) is 0 Å². The summed E-state index contributed by atoms with van der Waals surface area (Å²) in [6, 6.07) is 14.9. The average Bonchev–Trinajstić information content (AvgIpc) is 2.92. The topological polar surface area (TPSA) is 49.4 Å². The Morgan fingerprint density at radius 3 is 2.40 bits per heavy atom. The molecule has 2 aromatic rings. The maximum Gasteiger partial charge on any atom is 0.255 e. The Morgan fingerprint density at radius 1 is 1.12 bits per heavy atom. The van der Waals surface area contributed by atoms with Crippen LogP contribution in [0.15, 0.2) is 48.5 Å². The Bertz CT molecular complexity index is 781. The summed E-state index contributed by atoms with van der Waals surface area (Å²) in [6.45, 7) is 6.53. The minimum Gasteiger partial charge on any atom is -0.324 e. The van der Waals surface area contributed by atoms with Crippen molar-refractivity contribution in [2.75, 3.05) is 5.32 Å². The molecule has 130 valence electrons. The SMILES string of the molecule is CCc1ccc(NC(=O)C(C(C)C)N2Cc3ccccc3C2=O)cc1. The normalized spacial score (nSPS) is 14.6. The number of carbonyl (C=O) groups excluding carboxylic acids is 2. The van der Waals surface area contributed by atoms with Gasteiger partial charge in [0.15, 0.2) is 0 Å². The largest absolute Gasteiger partial charge is 0.324 e. The Kier molecular flexibility index (Phi) is 4.88. The number of fused-ring (bicyclic) bond motifs is 1. The molecule has 1 atom stereocenters. The van der Waals surface area contributed by atoms with Gasteiger partial charge in [-0.2, -0.15) is 0 Å². The zero-order chi connectivity index (χ0) is 18.0. The summed E-state index contributed by atoms with van der Waals surface area (Å²) in [7, 11) is 0. The van der Waals surface area contributed by atoms with Crippen LogP contribution in [0.1, 0.15) is 42.3 Å². The highest BCUT2D eigenvalue weighted by Crippen LogP contribution is 2.27. The van der Waals surface area contributed by atoms with Crippen molar-refractivity contribution in [3.63, 3.8) is 0 Å². The zero-order valence-electron chi connectivity index (χ0n) is 15.0. The molecule has 4 nitrogen and oxygen atoms in total. The highest BCUT2D eigenvalue weighted by atomic mass is 16.2. The van der Waals surface area contributed by atoms with Gasteiger partial charge in [-0.25, -0.2) is 0 Å². The first-order valence-electron chi connectivity index (χ1n) is 8.80. The Balaban J connectivity index is 1.79. The van der Waals surface area contributed by atoms with Crippen molar-refractivity contribution in [3.05, 3.63) is 65.2 Å². The molecule has 0 saturated carbocycles. The van der Waals surface area contributed by atoms with Crippen LogP contribution >= 0.6 is 0 Å². The highest BCUT2D eigenvalue weighted by Gasteiger charge is 2.37. The Morgan fingerprint density at radius 2 is 1.80 bits per heavy atom. The van der Waals surface area contributed by atoms with Gasteiger partial charge in [-0.05, 0) is 41.7 Å². The smallest absolute Gasteiger partial charge is 0.255 e. The van der Waals surface area contributed by atoms with Gasteiger partial charge in [-0.15, -0.1) is 0 Å². The van der Waals surface area contributed by atoms with E-state index in [4.69, 9.17) is 0 Å². The first-order valence-corrected chi connectivity index (χ1v) is 8.80. The number of nitrogens with zero attached hydrogens (tertiary/aromatic N) is 1. The third kappa shape index (κ3) is 3.43. The highest BCUT2D eigenvalue weighted by molar-refractivity contribution is 6.03. The van der Waals surface area contributed by atoms with E-state index in [0.717, 1.165) is 17.7 Å². The van der Waals surface area contributed by atoms with E-state index in [0.29, 0.717) is 12.1 Å². The lowest BCUT2D eigenvalue weighted by molar-refractivity contribution is -0.122. The predicted octanol–water partition coefficient (Wildman–Crippen LogP) is 3.87. The molecule has 0 radical (unpaired) electrons. The molecular weight excluding hydrogens is 312 g/mol. The van der Waals surface area contributed by atoms with E-state index in [-0.39, 0.29) is 17.7 Å². The fourth-order valence-corrected chi connectivity index (χ4v) is 3.35. The van der Waals surface area contributed by atoms with Gasteiger partial charge in [0.1, 0.15) is 6.04 Å². The van der Waals surface area contributed by atoms with Crippen LogP contribution < -0.4 is 5.32 Å². The molecule has 0 aliphatic carbocycles. The first kappa shape index (κ1) is 17.2. The van der Waals surface area contributed by atoms with Crippen molar-refractivity contribution in [1.82, 2.24) is 4.90 Å². The van der Waals surface area contributed by atoms with Crippen LogP contribution in [0, 0.1) is 5.92 Å². The van der Waals surface area contributed by atoms with Gasteiger partial charge in [-0.1, -0.05) is 51.1 Å². The lowest BCUT2D eigenvalue weighted by atomic mass is 10.0. The summed E-state index contributed by atoms with van der Waals surface area (Å²) in [6.07, 6.45) is 0.962. The Hall–Kier alpha value is -2.62. The van der Waals surface area contributed by atoms with E-state index in [1.807, 2.05) is 62.4 Å². The zero-order valence-corrected chi connectivity index (χ0v) is 15.0. The van der Waals surface area contributed by atoms with Crippen LogP contribution in [0.2, 0.25) is 0 Å². The summed E-state index contributed by atoms with van der Waals surface area (Å²) in [5.41, 5.74) is 3.67. The lowest BCUT2D eigenvalue weighted by Gasteiger charge is -2.30. The number of carbonyl (C=O) groups is 2. The van der Waals surface area contributed by atoms with Crippen molar-refractivity contribution in [1.29, 1.82) is 0 Å². The number of hydrogen-bond acceptors (Lipinski definition) is 2. The molecule has 1 N–H and O–H groups in total. The first-order chi connectivity index (χ1) is 12.0. The van der Waals surface area contributed by atoms with Crippen LogP contribution in [-0.2, 0) is 17.8 Å². The van der Waals surface area contributed by atoms with Crippen molar-refractivity contribution in [3.8, 4) is 0 Å². The molecule has 4 heteroatoms. The standard InChI is InChI=1S/C21H24N2O2/c1-4-15-9-11-17(12-10-15)22-20(24)19(14(2)3)23-13-16-7-5-6-8-18(16)21(23)25/h5-12,14,19H,4,13H2,1-3H3,(H,22,24). The van der Waals surface area contributed by atoms with Crippen molar-refractivity contribution >= 4 is 17.5 Å². The van der Waals surface area contributed by atoms with E-state index >= 15 is 0 Å². The monoisotopic (exact) mass is 336 g/mol. The minimum absolute atomic E-state index is 0.0215. The van der Waals surface area contributed by atoms with Crippen LogP contribution in [0.5, 0.6) is 0 Å². The summed E-state index contributed by atoms with van der Waals surface area (Å²) in [4.78, 5) is 27.3. The number of aryl methyl sites for hydroxylation is 1. The summed E-state index contributed by atoms with van der Waals surface area (Å²) < 4.78 is 0. The molecule has 2 aromatic carbocycles. The average molecular weight is 336 g/mol. The summed E-state index contributed by atoms with van der Waals surface area (Å²) in [5.74, 6) is -0.181. The fourth-order valence-electron chi connectivity index (χ4n) is 3.35. The van der Waals surface area contributed by atoms with Crippen molar-refractivity contribution in [2.24, 2.45) is 5.92 Å². The van der Waals surface area contributed by atoms with E-state index in [2.05, 4.69) is 12.2 Å². The van der Waals surface area contributed by atoms with Gasteiger partial charge in [-0.3, -0.25) is 9.59 Å². The number of hydrogen-bond donors (Lipinski definition) is 1. The second kappa shape index (κ2) is 7.09. The van der Waals surface area contributed by atoms with Gasteiger partial charge in [0.05, 0.1) is 0 Å². The fraction of sp³-hybridized carbons (Fsp3) is 0.333. The molecule has 1 aliphatic rings. The van der Waals surface area contributed by atoms with Gasteiger partial charge >= 0.3 is 0 Å². The molecule has 0 aromatic heterocycles. The van der Waals surface area contributed by atoms with Crippen molar-refractivity contribution in [2.45, 2.75) is 39.8 Å². The van der Waals surface area contributed by atoms with Crippen LogP contribution in [0.4, 0.5) is 5.69 Å². The molecule has 0 spiro atoms. The molecule has 1 heterocycles. The number of anilines is 1. The molecule has 25 heavy (non-hydrogen) atoms. The molecule has 0 saturated heterocycles. The van der Waals surface area contributed by atoms with E-state index in [1.165, 1.54) is 5.56 Å². The van der Waals surface area contributed by atoms with E-state index in [9.17, 15) is 9.59 Å². The predicted molar refractivity (Wildman–Crippen MR) is 99.4 cm³/mol. The van der Waals surface area contributed by atoms with Crippen LogP contribution in [0.25, 0.3) is 0 Å². The van der Waals surface area contributed by atoms with E-state index < -0.39 is 6.04 Å². The van der Waals surface area contributed by atoms with Gasteiger partial charge in [0.25, 0.3) is 5.91 Å². The molecular formula is C21H24N2O2. The summed E-state index contributed by atoms with van der Waals surface area (Å²) >= 11 is 0. The second-order valence-electron chi connectivity index (χ2n) is 6.82. The third-order valence-electron chi connectivity index (χ3n) is 4.71. The van der Waals surface area contributed by atoms with Crippen LogP contribution in [-0.4, -0.2) is 22.8 Å². The quantitative estimate of drug-likeness (QED) is 0.901. The summed E-state index contributed by atoms with van der Waals surface area (Å²) in [5, 5.41) is 2.97.